The molecular formula is C17H24N4O2. The average molecular weight is 316 g/mol. The first-order valence-corrected chi connectivity index (χ1v) is 8.16. The summed E-state index contributed by atoms with van der Waals surface area (Å²) in [5, 5.41) is 4.07. The van der Waals surface area contributed by atoms with Crippen LogP contribution in [-0.4, -0.2) is 39.7 Å². The number of amides is 1. The largest absolute Gasteiger partial charge is 0.360 e. The molecule has 3 rings (SSSR count). The van der Waals surface area contributed by atoms with Crippen molar-refractivity contribution in [2.45, 2.75) is 46.1 Å². The molecule has 124 valence electrons. The highest BCUT2D eigenvalue weighted by atomic mass is 16.5. The fourth-order valence-electron chi connectivity index (χ4n) is 3.46. The van der Waals surface area contributed by atoms with E-state index in [1.54, 1.807) is 0 Å². The lowest BCUT2D eigenvalue weighted by atomic mass is 10.0. The first kappa shape index (κ1) is 15.8. The molecule has 1 amide bonds. The van der Waals surface area contributed by atoms with Crippen LogP contribution in [0.25, 0.3) is 5.82 Å². The Morgan fingerprint density at radius 1 is 1.35 bits per heavy atom. The summed E-state index contributed by atoms with van der Waals surface area (Å²) in [6.07, 6.45) is 3.18. The highest BCUT2D eigenvalue weighted by Crippen LogP contribution is 2.25. The van der Waals surface area contributed by atoms with Crippen molar-refractivity contribution in [3.05, 3.63) is 34.8 Å². The second kappa shape index (κ2) is 6.20. The van der Waals surface area contributed by atoms with E-state index in [9.17, 15) is 4.79 Å². The molecule has 1 fully saturated rings. The number of likely N-dealkylation sites (tertiary alicyclic amines) is 1. The zero-order valence-electron chi connectivity index (χ0n) is 14.0. The molecule has 1 saturated heterocycles. The topological polar surface area (TPSA) is 77.3 Å². The predicted octanol–water partition coefficient (Wildman–Crippen LogP) is 2.34. The van der Waals surface area contributed by atoms with Crippen molar-refractivity contribution in [3.63, 3.8) is 0 Å². The molecule has 2 aromatic heterocycles. The van der Waals surface area contributed by atoms with Crippen molar-refractivity contribution in [2.75, 3.05) is 13.1 Å². The van der Waals surface area contributed by atoms with Crippen LogP contribution in [0, 0.1) is 20.8 Å². The van der Waals surface area contributed by atoms with Gasteiger partial charge in [0.05, 0.1) is 5.56 Å². The molecule has 0 bridgehead atoms. The normalized spacial score (nSPS) is 18.4. The highest BCUT2D eigenvalue weighted by Gasteiger charge is 2.29. The summed E-state index contributed by atoms with van der Waals surface area (Å²) < 4.78 is 7.13. The number of carbonyl (C=O) groups excluding carboxylic acids is 1. The van der Waals surface area contributed by atoms with Crippen LogP contribution >= 0.6 is 0 Å². The van der Waals surface area contributed by atoms with E-state index in [4.69, 9.17) is 10.3 Å². The number of aryl methyl sites for hydroxylation is 2. The Labute approximate surface area is 136 Å². The van der Waals surface area contributed by atoms with Gasteiger partial charge in [-0.2, -0.15) is 0 Å². The summed E-state index contributed by atoms with van der Waals surface area (Å²) in [6, 6.07) is 3.95. The van der Waals surface area contributed by atoms with E-state index in [1.165, 1.54) is 0 Å². The summed E-state index contributed by atoms with van der Waals surface area (Å²) in [4.78, 5) is 14.9. The van der Waals surface area contributed by atoms with Gasteiger partial charge in [0.2, 0.25) is 0 Å². The van der Waals surface area contributed by atoms with Crippen molar-refractivity contribution in [1.82, 2.24) is 14.6 Å². The lowest BCUT2D eigenvalue weighted by Gasteiger charge is -2.35. The zero-order valence-corrected chi connectivity index (χ0v) is 14.0. The minimum Gasteiger partial charge on any atom is -0.360 e. The van der Waals surface area contributed by atoms with Crippen molar-refractivity contribution in [2.24, 2.45) is 5.73 Å². The average Bonchev–Trinajstić information content (AvgIpc) is 3.09. The first-order valence-electron chi connectivity index (χ1n) is 8.16. The zero-order chi connectivity index (χ0) is 16.6. The lowest BCUT2D eigenvalue weighted by Crippen LogP contribution is -2.47. The maximum absolute atomic E-state index is 13.0. The monoisotopic (exact) mass is 316 g/mol. The van der Waals surface area contributed by atoms with Crippen molar-refractivity contribution < 1.29 is 9.32 Å². The SMILES string of the molecule is Cc1cc(-n2c(C)cc(C(=O)N3CCCCC3CN)c2C)no1. The van der Waals surface area contributed by atoms with E-state index in [1.807, 2.05) is 42.4 Å². The second-order valence-corrected chi connectivity index (χ2v) is 6.30. The van der Waals surface area contributed by atoms with E-state index >= 15 is 0 Å². The molecule has 0 aromatic carbocycles. The van der Waals surface area contributed by atoms with Gasteiger partial charge in [-0.05, 0) is 46.1 Å². The molecule has 2 N–H and O–H groups in total. The minimum absolute atomic E-state index is 0.0692. The van der Waals surface area contributed by atoms with E-state index in [-0.39, 0.29) is 11.9 Å². The molecule has 1 aliphatic heterocycles. The van der Waals surface area contributed by atoms with Crippen LogP contribution in [0.1, 0.15) is 46.8 Å². The highest BCUT2D eigenvalue weighted by molar-refractivity contribution is 5.96. The number of nitrogens with two attached hydrogens (primary N) is 1. The van der Waals surface area contributed by atoms with Crippen LogP contribution in [-0.2, 0) is 0 Å². The van der Waals surface area contributed by atoms with Gasteiger partial charge in [0.1, 0.15) is 5.76 Å². The van der Waals surface area contributed by atoms with Crippen LogP contribution in [0.2, 0.25) is 0 Å². The Balaban J connectivity index is 1.96. The molecule has 0 radical (unpaired) electrons. The van der Waals surface area contributed by atoms with Crippen LogP contribution in [0.15, 0.2) is 16.7 Å². The molecular weight excluding hydrogens is 292 g/mol. The molecule has 3 heterocycles. The first-order chi connectivity index (χ1) is 11.0. The van der Waals surface area contributed by atoms with Gasteiger partial charge in [0.15, 0.2) is 5.82 Å². The molecule has 23 heavy (non-hydrogen) atoms. The molecule has 1 aliphatic rings. The standard InChI is InChI=1S/C17H24N4O2/c1-11-8-15(13(3)21(11)16-9-12(2)23-19-16)17(22)20-7-5-4-6-14(20)10-18/h8-9,14H,4-7,10,18H2,1-3H3. The number of nitrogens with zero attached hydrogens (tertiary/aromatic N) is 3. The Kier molecular flexibility index (Phi) is 4.26. The predicted molar refractivity (Wildman–Crippen MR) is 87.8 cm³/mol. The van der Waals surface area contributed by atoms with Crippen molar-refractivity contribution >= 4 is 5.91 Å². The minimum atomic E-state index is 0.0692. The van der Waals surface area contributed by atoms with E-state index in [0.717, 1.165) is 48.5 Å². The maximum atomic E-state index is 13.0. The van der Waals surface area contributed by atoms with Crippen LogP contribution in [0.5, 0.6) is 0 Å². The molecule has 2 aromatic rings. The van der Waals surface area contributed by atoms with Crippen molar-refractivity contribution in [3.8, 4) is 5.82 Å². The summed E-state index contributed by atoms with van der Waals surface area (Å²) in [5.41, 5.74) is 8.44. The number of rotatable bonds is 3. The van der Waals surface area contributed by atoms with Crippen LogP contribution < -0.4 is 5.73 Å². The smallest absolute Gasteiger partial charge is 0.255 e. The number of hydrogen-bond donors (Lipinski definition) is 1. The quantitative estimate of drug-likeness (QED) is 0.943. The fourth-order valence-corrected chi connectivity index (χ4v) is 3.46. The third-order valence-electron chi connectivity index (χ3n) is 4.67. The van der Waals surface area contributed by atoms with E-state index < -0.39 is 0 Å². The van der Waals surface area contributed by atoms with E-state index in [0.29, 0.717) is 12.4 Å². The van der Waals surface area contributed by atoms with Gasteiger partial charge < -0.3 is 15.2 Å². The van der Waals surface area contributed by atoms with Crippen LogP contribution in [0.4, 0.5) is 0 Å². The van der Waals surface area contributed by atoms with Gasteiger partial charge in [-0.1, -0.05) is 5.16 Å². The number of aromatic nitrogens is 2. The summed E-state index contributed by atoms with van der Waals surface area (Å²) in [5.74, 6) is 1.53. The number of carbonyl (C=O) groups is 1. The van der Waals surface area contributed by atoms with Gasteiger partial charge in [-0.3, -0.25) is 9.36 Å². The third-order valence-corrected chi connectivity index (χ3v) is 4.67. The summed E-state index contributed by atoms with van der Waals surface area (Å²) in [6.45, 7) is 7.09. The van der Waals surface area contributed by atoms with E-state index in [2.05, 4.69) is 5.16 Å². The number of hydrogen-bond acceptors (Lipinski definition) is 4. The molecule has 6 heteroatoms. The Hall–Kier alpha value is -2.08. The van der Waals surface area contributed by atoms with Gasteiger partial charge in [0, 0.05) is 36.6 Å². The molecule has 1 atom stereocenters. The Morgan fingerprint density at radius 2 is 2.13 bits per heavy atom. The van der Waals surface area contributed by atoms with Gasteiger partial charge >= 0.3 is 0 Å². The molecule has 0 spiro atoms. The second-order valence-electron chi connectivity index (χ2n) is 6.30. The summed E-state index contributed by atoms with van der Waals surface area (Å²) in [7, 11) is 0. The van der Waals surface area contributed by atoms with Gasteiger partial charge in [-0.15, -0.1) is 0 Å². The molecule has 0 saturated carbocycles. The van der Waals surface area contributed by atoms with Gasteiger partial charge in [-0.25, -0.2) is 0 Å². The van der Waals surface area contributed by atoms with Crippen LogP contribution in [0.3, 0.4) is 0 Å². The Bertz CT molecular complexity index is 716. The number of piperidine rings is 1. The third kappa shape index (κ3) is 2.79. The fraction of sp³-hybridized carbons (Fsp3) is 0.529. The maximum Gasteiger partial charge on any atom is 0.255 e. The molecule has 0 aliphatic carbocycles. The summed E-state index contributed by atoms with van der Waals surface area (Å²) >= 11 is 0. The molecule has 1 unspecified atom stereocenters. The van der Waals surface area contributed by atoms with Crippen molar-refractivity contribution in [1.29, 1.82) is 0 Å². The van der Waals surface area contributed by atoms with Gasteiger partial charge in [0.25, 0.3) is 5.91 Å². The molecule has 6 nitrogen and oxygen atoms in total. The Morgan fingerprint density at radius 3 is 2.78 bits per heavy atom. The lowest BCUT2D eigenvalue weighted by molar-refractivity contribution is 0.0622.